The minimum atomic E-state index is -0.142. The van der Waals surface area contributed by atoms with Crippen molar-refractivity contribution in [1.29, 1.82) is 0 Å². The zero-order valence-electron chi connectivity index (χ0n) is 22.7. The highest BCUT2D eigenvalue weighted by Gasteiger charge is 2.24. The molecule has 204 valence electrons. The minimum absolute atomic E-state index is 0.142. The summed E-state index contributed by atoms with van der Waals surface area (Å²) >= 11 is 0. The van der Waals surface area contributed by atoms with Crippen LogP contribution < -0.4 is 15.0 Å². The third kappa shape index (κ3) is 5.20. The molecule has 1 aliphatic rings. The van der Waals surface area contributed by atoms with E-state index in [0.29, 0.717) is 51.1 Å². The average Bonchev–Trinajstić information content (AvgIpc) is 3.57. The Morgan fingerprint density at radius 1 is 0.975 bits per heavy atom. The van der Waals surface area contributed by atoms with Gasteiger partial charge in [-0.3, -0.25) is 5.32 Å². The molecule has 3 heterocycles. The van der Waals surface area contributed by atoms with Gasteiger partial charge in [0.1, 0.15) is 23.6 Å². The molecule has 5 aromatic rings. The van der Waals surface area contributed by atoms with Crippen molar-refractivity contribution in [3.63, 3.8) is 0 Å². The number of benzene rings is 3. The topological polar surface area (TPSA) is 93.3 Å². The number of imidazole rings is 1. The minimum Gasteiger partial charge on any atom is -0.492 e. The summed E-state index contributed by atoms with van der Waals surface area (Å²) in [5.74, 6) is 2.01. The average molecular weight is 537 g/mol. The maximum Gasteiger partial charge on any atom is 0.324 e. The van der Waals surface area contributed by atoms with Crippen LogP contribution in [0.4, 0.5) is 16.4 Å². The summed E-state index contributed by atoms with van der Waals surface area (Å²) in [7, 11) is 0. The van der Waals surface area contributed by atoms with E-state index in [4.69, 9.17) is 9.72 Å². The summed E-state index contributed by atoms with van der Waals surface area (Å²) in [6, 6.07) is 24.1. The molecule has 2 amide bonds. The Labute approximate surface area is 232 Å². The number of ether oxygens (including phenoxy) is 1. The van der Waals surface area contributed by atoms with Gasteiger partial charge < -0.3 is 19.1 Å². The zero-order chi connectivity index (χ0) is 27.5. The van der Waals surface area contributed by atoms with Crippen molar-refractivity contribution in [2.24, 2.45) is 0 Å². The summed E-state index contributed by atoms with van der Waals surface area (Å²) in [6.45, 7) is 7.61. The van der Waals surface area contributed by atoms with Crippen molar-refractivity contribution in [2.75, 3.05) is 43.0 Å². The van der Waals surface area contributed by atoms with Crippen LogP contribution in [0.1, 0.15) is 18.3 Å². The van der Waals surface area contributed by atoms with Crippen molar-refractivity contribution in [3.8, 4) is 11.4 Å². The van der Waals surface area contributed by atoms with E-state index in [1.54, 1.807) is 11.0 Å². The molecule has 3 aromatic carbocycles. The van der Waals surface area contributed by atoms with E-state index >= 15 is 0 Å². The van der Waals surface area contributed by atoms with Crippen LogP contribution in [0.5, 0.6) is 5.75 Å². The first-order valence-corrected chi connectivity index (χ1v) is 13.5. The lowest BCUT2D eigenvalue weighted by atomic mass is 10.2. The van der Waals surface area contributed by atoms with Gasteiger partial charge in [0.15, 0.2) is 0 Å². The monoisotopic (exact) mass is 536 g/mol. The first-order chi connectivity index (χ1) is 19.6. The van der Waals surface area contributed by atoms with Crippen LogP contribution in [0.15, 0.2) is 79.1 Å². The number of carbonyl (C=O) groups is 1. The fourth-order valence-electron chi connectivity index (χ4n) is 5.06. The number of anilines is 2. The van der Waals surface area contributed by atoms with Gasteiger partial charge in [0, 0.05) is 37.9 Å². The van der Waals surface area contributed by atoms with Crippen molar-refractivity contribution >= 4 is 28.7 Å². The second-order valence-corrected chi connectivity index (χ2v) is 9.72. The Bertz CT molecular complexity index is 1620. The lowest BCUT2D eigenvalue weighted by Crippen LogP contribution is -2.50. The highest BCUT2D eigenvalue weighted by molar-refractivity contribution is 5.90. The number of fused-ring (bicyclic) bond motifs is 1. The molecule has 40 heavy (non-hydrogen) atoms. The van der Waals surface area contributed by atoms with Crippen LogP contribution in [0, 0.1) is 6.92 Å². The summed E-state index contributed by atoms with van der Waals surface area (Å²) < 4.78 is 9.73. The summed E-state index contributed by atoms with van der Waals surface area (Å²) in [5, 5.41) is 7.51. The molecular formula is C30H32N8O2. The third-order valence-corrected chi connectivity index (χ3v) is 7.09. The standard InChI is InChI=1S/C30H32N8O2/c1-3-40-28-19-24(13-14-27(28)38-21-31-22(2)34-38)35-15-17-36(18-16-35)30(39)33-29-32-25-11-7-8-12-26(25)37(29)20-23-9-5-4-6-10-23/h4-14,19,21H,3,15-18,20H2,1-2H3,(H,32,33,39). The van der Waals surface area contributed by atoms with Gasteiger partial charge in [0.25, 0.3) is 0 Å². The Morgan fingerprint density at radius 2 is 1.75 bits per heavy atom. The molecule has 0 radical (unpaired) electrons. The van der Waals surface area contributed by atoms with Gasteiger partial charge in [-0.2, -0.15) is 5.10 Å². The molecule has 0 aliphatic carbocycles. The fourth-order valence-corrected chi connectivity index (χ4v) is 5.06. The van der Waals surface area contributed by atoms with E-state index in [9.17, 15) is 4.79 Å². The molecule has 0 bridgehead atoms. The van der Waals surface area contributed by atoms with Crippen LogP contribution in [0.25, 0.3) is 16.7 Å². The number of hydrogen-bond acceptors (Lipinski definition) is 6. The van der Waals surface area contributed by atoms with Crippen LogP contribution in [0.2, 0.25) is 0 Å². The van der Waals surface area contributed by atoms with Gasteiger partial charge in [0.2, 0.25) is 5.95 Å². The van der Waals surface area contributed by atoms with E-state index in [1.165, 1.54) is 0 Å². The van der Waals surface area contributed by atoms with Crippen LogP contribution in [0.3, 0.4) is 0 Å². The Balaban J connectivity index is 1.15. The maximum atomic E-state index is 13.3. The number of carbonyl (C=O) groups excluding carboxylic acids is 1. The molecule has 1 aliphatic heterocycles. The first-order valence-electron chi connectivity index (χ1n) is 13.5. The molecule has 0 saturated carbocycles. The SMILES string of the molecule is CCOc1cc(N2CCN(C(=O)Nc3nc4ccccc4n3Cc3ccccc3)CC2)ccc1-n1cnc(C)n1. The molecule has 1 fully saturated rings. The summed E-state index contributed by atoms with van der Waals surface area (Å²) in [5.41, 5.74) is 4.89. The van der Waals surface area contributed by atoms with Gasteiger partial charge >= 0.3 is 6.03 Å². The Morgan fingerprint density at radius 3 is 2.50 bits per heavy atom. The fraction of sp³-hybridized carbons (Fsp3) is 0.267. The third-order valence-electron chi connectivity index (χ3n) is 7.09. The Kier molecular flexibility index (Phi) is 7.05. The largest absolute Gasteiger partial charge is 0.492 e. The van der Waals surface area contributed by atoms with Crippen molar-refractivity contribution < 1.29 is 9.53 Å². The number of amides is 2. The number of aromatic nitrogens is 5. The van der Waals surface area contributed by atoms with Crippen LogP contribution in [-0.2, 0) is 6.54 Å². The number of urea groups is 1. The van der Waals surface area contributed by atoms with Crippen molar-refractivity contribution in [3.05, 3.63) is 90.5 Å². The second-order valence-electron chi connectivity index (χ2n) is 9.72. The molecule has 2 aromatic heterocycles. The molecule has 10 nitrogen and oxygen atoms in total. The van der Waals surface area contributed by atoms with Crippen molar-refractivity contribution in [2.45, 2.75) is 20.4 Å². The smallest absolute Gasteiger partial charge is 0.324 e. The molecule has 10 heteroatoms. The maximum absolute atomic E-state index is 13.3. The van der Waals surface area contributed by atoms with E-state index in [-0.39, 0.29) is 6.03 Å². The summed E-state index contributed by atoms with van der Waals surface area (Å²) in [6.07, 6.45) is 1.69. The van der Waals surface area contributed by atoms with Crippen LogP contribution >= 0.6 is 0 Å². The number of nitrogens with one attached hydrogen (secondary N) is 1. The number of hydrogen-bond donors (Lipinski definition) is 1. The van der Waals surface area contributed by atoms with E-state index in [2.05, 4.69) is 43.1 Å². The van der Waals surface area contributed by atoms with Gasteiger partial charge in [-0.15, -0.1) is 0 Å². The molecular weight excluding hydrogens is 504 g/mol. The quantitative estimate of drug-likeness (QED) is 0.323. The molecule has 1 N–H and O–H groups in total. The Hall–Kier alpha value is -4.86. The van der Waals surface area contributed by atoms with E-state index < -0.39 is 0 Å². The molecule has 0 spiro atoms. The molecule has 6 rings (SSSR count). The number of nitrogens with zero attached hydrogens (tertiary/aromatic N) is 7. The predicted octanol–water partition coefficient (Wildman–Crippen LogP) is 4.73. The zero-order valence-corrected chi connectivity index (χ0v) is 22.7. The second kappa shape index (κ2) is 11.1. The van der Waals surface area contributed by atoms with Crippen LogP contribution in [-0.4, -0.2) is 68.0 Å². The van der Waals surface area contributed by atoms with Gasteiger partial charge in [-0.05, 0) is 43.7 Å². The number of para-hydroxylation sites is 2. The lowest BCUT2D eigenvalue weighted by Gasteiger charge is -2.36. The first kappa shape index (κ1) is 25.4. The van der Waals surface area contributed by atoms with Gasteiger partial charge in [-0.1, -0.05) is 42.5 Å². The van der Waals surface area contributed by atoms with Gasteiger partial charge in [0.05, 0.1) is 24.2 Å². The molecule has 1 saturated heterocycles. The summed E-state index contributed by atoms with van der Waals surface area (Å²) in [4.78, 5) is 26.4. The number of piperazine rings is 1. The van der Waals surface area contributed by atoms with Gasteiger partial charge in [-0.25, -0.2) is 19.4 Å². The highest BCUT2D eigenvalue weighted by atomic mass is 16.5. The number of aryl methyl sites for hydroxylation is 1. The highest BCUT2D eigenvalue weighted by Crippen LogP contribution is 2.29. The van der Waals surface area contributed by atoms with E-state index in [1.807, 2.05) is 73.3 Å². The molecule has 0 atom stereocenters. The lowest BCUT2D eigenvalue weighted by molar-refractivity contribution is 0.208. The predicted molar refractivity (Wildman–Crippen MR) is 155 cm³/mol. The number of rotatable bonds is 7. The van der Waals surface area contributed by atoms with Crippen molar-refractivity contribution in [1.82, 2.24) is 29.2 Å². The normalized spacial score (nSPS) is 13.6. The van der Waals surface area contributed by atoms with E-state index in [0.717, 1.165) is 33.7 Å². The molecule has 0 unspecified atom stereocenters.